The number of benzene rings is 2. The molecule has 3 aromatic rings. The number of aliphatic hydroxyl groups excluding tert-OH is 1. The largest absolute Gasteiger partial charge is 0.390 e. The maximum Gasteiger partial charge on any atom is 0.189 e. The predicted molar refractivity (Wildman–Crippen MR) is 178 cm³/mol. The summed E-state index contributed by atoms with van der Waals surface area (Å²) >= 11 is 0. The molecule has 1 spiro atoms. The third-order valence-corrected chi connectivity index (χ3v) is 11.6. The van der Waals surface area contributed by atoms with E-state index in [-0.39, 0.29) is 29.6 Å². The lowest BCUT2D eigenvalue weighted by Crippen LogP contribution is -2.52. The molecule has 7 rings (SSSR count). The Morgan fingerprint density at radius 1 is 1.04 bits per heavy atom. The van der Waals surface area contributed by atoms with Crippen molar-refractivity contribution in [3.05, 3.63) is 83.6 Å². The van der Waals surface area contributed by atoms with Crippen LogP contribution in [0.5, 0.6) is 0 Å². The summed E-state index contributed by atoms with van der Waals surface area (Å²) in [6.45, 7) is 2.45. The van der Waals surface area contributed by atoms with Gasteiger partial charge < -0.3 is 31.4 Å². The number of aliphatic hydroxyl groups is 3. The molecule has 0 radical (unpaired) electrons. The molecule has 0 saturated heterocycles. The number of hydrogen-bond acceptors (Lipinski definition) is 4. The van der Waals surface area contributed by atoms with Crippen LogP contribution in [0.3, 0.4) is 0 Å². The highest BCUT2D eigenvalue weighted by molar-refractivity contribution is 5.80. The maximum absolute atomic E-state index is 12.5. The quantitative estimate of drug-likeness (QED) is 0.106. The van der Waals surface area contributed by atoms with E-state index >= 15 is 0 Å². The van der Waals surface area contributed by atoms with Gasteiger partial charge in [0.05, 0.1) is 23.3 Å². The van der Waals surface area contributed by atoms with E-state index in [1.807, 2.05) is 25.1 Å². The predicted octanol–water partition coefficient (Wildman–Crippen LogP) is 4.62. The van der Waals surface area contributed by atoms with Crippen molar-refractivity contribution in [3.63, 3.8) is 0 Å². The van der Waals surface area contributed by atoms with Crippen LogP contribution in [-0.2, 0) is 12.8 Å². The summed E-state index contributed by atoms with van der Waals surface area (Å²) in [5.41, 5.74) is 8.49. The van der Waals surface area contributed by atoms with Gasteiger partial charge in [-0.3, -0.25) is 4.99 Å². The Bertz CT molecular complexity index is 1630. The first-order chi connectivity index (χ1) is 21.7. The molecule has 2 aromatic carbocycles. The molecule has 0 aliphatic heterocycles. The molecule has 2 bridgehead atoms. The van der Waals surface area contributed by atoms with Crippen LogP contribution >= 0.6 is 0 Å². The summed E-state index contributed by atoms with van der Waals surface area (Å²) in [7, 11) is 0. The Kier molecular flexibility index (Phi) is 7.80. The van der Waals surface area contributed by atoms with E-state index in [9.17, 15) is 15.3 Å². The van der Waals surface area contributed by atoms with Crippen molar-refractivity contribution in [1.82, 2.24) is 10.3 Å². The molecule has 0 unspecified atom stereocenters. The highest BCUT2D eigenvalue weighted by Crippen LogP contribution is 2.62. The minimum Gasteiger partial charge on any atom is -0.390 e. The Labute approximate surface area is 266 Å². The van der Waals surface area contributed by atoms with Crippen LogP contribution in [0, 0.1) is 35.0 Å². The number of allylic oxidation sites excluding steroid dienone is 2. The first-order valence-electron chi connectivity index (χ1n) is 16.7. The minimum absolute atomic E-state index is 0.0667. The molecule has 4 aliphatic carbocycles. The number of nitrogens with two attached hydrogens (primary N) is 1. The second kappa shape index (κ2) is 11.7. The van der Waals surface area contributed by atoms with Gasteiger partial charge in [0.2, 0.25) is 0 Å². The molecule has 1 aromatic heterocycles. The van der Waals surface area contributed by atoms with Crippen LogP contribution in [0.2, 0.25) is 0 Å². The van der Waals surface area contributed by atoms with Crippen molar-refractivity contribution in [2.24, 2.45) is 33.9 Å². The van der Waals surface area contributed by atoms with E-state index in [2.05, 4.69) is 75.7 Å². The number of aromatic amines is 1. The average Bonchev–Trinajstić information content (AvgIpc) is 3.51. The number of hydrogen-bond donors (Lipinski definition) is 6. The third kappa shape index (κ3) is 5.58. The van der Waals surface area contributed by atoms with Gasteiger partial charge in [0.25, 0.3) is 0 Å². The van der Waals surface area contributed by atoms with Crippen LogP contribution in [0.25, 0.3) is 10.9 Å². The van der Waals surface area contributed by atoms with Crippen molar-refractivity contribution in [1.29, 1.82) is 0 Å². The molecular weight excluding hydrogens is 560 g/mol. The van der Waals surface area contributed by atoms with Crippen molar-refractivity contribution < 1.29 is 15.3 Å². The van der Waals surface area contributed by atoms with Crippen LogP contribution in [-0.4, -0.2) is 56.2 Å². The lowest BCUT2D eigenvalue weighted by molar-refractivity contribution is -0.106. The van der Waals surface area contributed by atoms with Crippen LogP contribution in [0.1, 0.15) is 63.1 Å². The Hall–Kier alpha value is -3.57. The summed E-state index contributed by atoms with van der Waals surface area (Å²) < 4.78 is 0. The van der Waals surface area contributed by atoms with Crippen molar-refractivity contribution >= 4 is 16.9 Å². The van der Waals surface area contributed by atoms with Crippen molar-refractivity contribution in [2.75, 3.05) is 6.54 Å². The maximum atomic E-state index is 12.5. The summed E-state index contributed by atoms with van der Waals surface area (Å²) in [4.78, 5) is 8.20. The number of aliphatic imine (C=N–C) groups is 1. The Balaban J connectivity index is 1.23. The van der Waals surface area contributed by atoms with E-state index in [0.29, 0.717) is 31.8 Å². The molecule has 1 heterocycles. The Morgan fingerprint density at radius 3 is 2.67 bits per heavy atom. The summed E-state index contributed by atoms with van der Waals surface area (Å²) in [5.74, 6) is 7.03. The second-order valence-corrected chi connectivity index (χ2v) is 14.3. The minimum atomic E-state index is -1.42. The summed E-state index contributed by atoms with van der Waals surface area (Å²) in [5, 5.41) is 40.4. The van der Waals surface area contributed by atoms with Crippen LogP contribution < -0.4 is 11.1 Å². The first kappa shape index (κ1) is 30.1. The van der Waals surface area contributed by atoms with Gasteiger partial charge in [-0.1, -0.05) is 72.0 Å². The van der Waals surface area contributed by atoms with Gasteiger partial charge in [-0.05, 0) is 86.8 Å². The number of rotatable bonds is 6. The van der Waals surface area contributed by atoms with Crippen LogP contribution in [0.15, 0.2) is 77.3 Å². The monoisotopic (exact) mass is 606 g/mol. The Morgan fingerprint density at radius 2 is 1.84 bits per heavy atom. The molecule has 7 heteroatoms. The normalized spacial score (nSPS) is 36.0. The third-order valence-electron chi connectivity index (χ3n) is 11.6. The van der Waals surface area contributed by atoms with E-state index in [1.165, 1.54) is 22.2 Å². The average molecular weight is 607 g/mol. The molecule has 2 fully saturated rings. The zero-order valence-corrected chi connectivity index (χ0v) is 26.2. The number of nitrogens with one attached hydrogen (secondary N) is 2. The van der Waals surface area contributed by atoms with E-state index in [1.54, 1.807) is 0 Å². The molecule has 7 nitrogen and oxygen atoms in total. The summed E-state index contributed by atoms with van der Waals surface area (Å²) in [6, 6.07) is 20.3. The smallest absolute Gasteiger partial charge is 0.189 e. The second-order valence-electron chi connectivity index (χ2n) is 14.3. The van der Waals surface area contributed by atoms with E-state index in [4.69, 9.17) is 5.73 Å². The molecule has 2 saturated carbocycles. The van der Waals surface area contributed by atoms with Gasteiger partial charge in [-0.15, -0.1) is 0 Å². The van der Waals surface area contributed by atoms with E-state index < -0.39 is 23.3 Å². The van der Waals surface area contributed by atoms with Crippen molar-refractivity contribution in [2.45, 2.75) is 88.1 Å². The van der Waals surface area contributed by atoms with Crippen molar-refractivity contribution in [3.8, 4) is 11.8 Å². The van der Waals surface area contributed by atoms with Crippen LogP contribution in [0.4, 0.5) is 0 Å². The fourth-order valence-electron chi connectivity index (χ4n) is 9.12. The lowest BCUT2D eigenvalue weighted by atomic mass is 9.58. The zero-order valence-electron chi connectivity index (χ0n) is 26.2. The SMILES string of the molecule is C[C@@]1(O)CC[C@]23C[C@H]4[C@@H]1C[C@@H](O)[C@@]4(O)C[C@H](NC(N)=NCCc1ccccc1)C#C[C@@H]2CCC=C3Cc1cc2ccccc2[nH]1. The van der Waals surface area contributed by atoms with Gasteiger partial charge in [-0.2, -0.15) is 0 Å². The number of nitrogens with zero attached hydrogens (tertiary/aromatic N) is 1. The standard InChI is InChI=1S/C38H46N4O3/c1-36(44)17-18-37-24-32-31(36)22-34(43)38(32,45)23-29(42-35(39)40-19-16-25-8-3-2-4-9-25)15-14-27(37)11-7-12-28(37)21-30-20-26-10-5-6-13-33(26)41-30/h2-6,8-10,12-13,20,27,29,31-32,34,41,43-45H,7,11,16-19,21-24H2,1H3,(H3,39,40,42)/t27-,29+,31-,32-,34+,36+,37-,38+/m0/s1. The molecule has 0 amide bonds. The topological polar surface area (TPSA) is 127 Å². The fourth-order valence-corrected chi connectivity index (χ4v) is 9.12. The molecule has 236 valence electrons. The number of H-pyrrole nitrogens is 1. The van der Waals surface area contributed by atoms with Gasteiger partial charge >= 0.3 is 0 Å². The summed E-state index contributed by atoms with van der Waals surface area (Å²) in [6.07, 6.45) is 7.55. The highest BCUT2D eigenvalue weighted by Gasteiger charge is 2.63. The number of guanidine groups is 1. The van der Waals surface area contributed by atoms with Gasteiger partial charge in [0, 0.05) is 41.9 Å². The highest BCUT2D eigenvalue weighted by atomic mass is 16.3. The van der Waals surface area contributed by atoms with E-state index in [0.717, 1.165) is 37.6 Å². The number of para-hydroxylation sites is 1. The number of fused-ring (bicyclic) bond motifs is 1. The fraction of sp³-hybridized carbons (Fsp3) is 0.500. The molecule has 8 atom stereocenters. The molecule has 4 aliphatic rings. The molecule has 45 heavy (non-hydrogen) atoms. The molecule has 7 N–H and O–H groups in total. The molecular formula is C38H46N4O3. The lowest BCUT2D eigenvalue weighted by Gasteiger charge is -2.46. The first-order valence-corrected chi connectivity index (χ1v) is 16.7. The zero-order chi connectivity index (χ0) is 31.2. The van der Waals surface area contributed by atoms with Gasteiger partial charge in [0.15, 0.2) is 5.96 Å². The number of aromatic nitrogens is 1. The van der Waals surface area contributed by atoms with Gasteiger partial charge in [0.1, 0.15) is 0 Å². The van der Waals surface area contributed by atoms with Gasteiger partial charge in [-0.25, -0.2) is 0 Å².